The van der Waals surface area contributed by atoms with Crippen LogP contribution >= 0.6 is 0 Å². The molecule has 1 heterocycles. The smallest absolute Gasteiger partial charge is 0.322 e. The van der Waals surface area contributed by atoms with Gasteiger partial charge in [0.2, 0.25) is 0 Å². The van der Waals surface area contributed by atoms with Crippen LogP contribution in [0.4, 0.5) is 0 Å². The maximum absolute atomic E-state index is 11.2. The van der Waals surface area contributed by atoms with Crippen molar-refractivity contribution in [2.45, 2.75) is 58.2 Å². The summed E-state index contributed by atoms with van der Waals surface area (Å²) in [4.78, 5) is 15.6. The van der Waals surface area contributed by atoms with E-state index in [0.717, 1.165) is 37.3 Å². The second-order valence-electron chi connectivity index (χ2n) is 4.67. The normalized spacial score (nSPS) is 16.8. The largest absolute Gasteiger partial charge is 0.480 e. The first-order chi connectivity index (χ1) is 8.63. The molecule has 1 atom stereocenters. The van der Waals surface area contributed by atoms with Crippen LogP contribution in [0.15, 0.2) is 0 Å². The molecule has 2 rings (SSSR count). The van der Waals surface area contributed by atoms with Crippen molar-refractivity contribution in [1.29, 1.82) is 0 Å². The van der Waals surface area contributed by atoms with Crippen LogP contribution in [0.1, 0.15) is 38.3 Å². The van der Waals surface area contributed by atoms with Crippen molar-refractivity contribution in [2.75, 3.05) is 0 Å². The van der Waals surface area contributed by atoms with Crippen molar-refractivity contribution >= 4 is 5.97 Å². The summed E-state index contributed by atoms with van der Waals surface area (Å²) in [5.41, 5.74) is 0. The molecule has 0 aromatic carbocycles. The number of aliphatic carboxylic acids is 1. The lowest BCUT2D eigenvalue weighted by atomic mass is 10.3. The molecule has 1 saturated carbocycles. The van der Waals surface area contributed by atoms with Crippen LogP contribution in [0.5, 0.6) is 0 Å². The molecular formula is C12H20N4O2. The minimum absolute atomic E-state index is 0.349. The SMILES string of the molecule is CCc1nc(CC)n(CC(NC2CC2)C(=O)O)n1. The summed E-state index contributed by atoms with van der Waals surface area (Å²) in [5, 5.41) is 16.7. The standard InChI is InChI=1S/C12H20N4O2/c1-3-10-14-11(4-2)16(15-10)7-9(12(17)18)13-8-5-6-8/h8-9,13H,3-7H2,1-2H3,(H,17,18). The summed E-state index contributed by atoms with van der Waals surface area (Å²) in [7, 11) is 0. The summed E-state index contributed by atoms with van der Waals surface area (Å²) < 4.78 is 1.73. The van der Waals surface area contributed by atoms with Gasteiger partial charge in [0.25, 0.3) is 0 Å². The van der Waals surface area contributed by atoms with E-state index >= 15 is 0 Å². The van der Waals surface area contributed by atoms with Gasteiger partial charge in [0.15, 0.2) is 5.82 Å². The molecule has 1 unspecified atom stereocenters. The van der Waals surface area contributed by atoms with Crippen LogP contribution in [0.2, 0.25) is 0 Å². The molecule has 0 bridgehead atoms. The zero-order valence-electron chi connectivity index (χ0n) is 10.9. The third-order valence-corrected chi connectivity index (χ3v) is 3.09. The van der Waals surface area contributed by atoms with Crippen LogP contribution in [0.25, 0.3) is 0 Å². The molecule has 0 radical (unpaired) electrons. The van der Waals surface area contributed by atoms with E-state index in [2.05, 4.69) is 15.4 Å². The number of carbonyl (C=O) groups is 1. The lowest BCUT2D eigenvalue weighted by molar-refractivity contribution is -0.140. The maximum atomic E-state index is 11.2. The molecule has 6 nitrogen and oxygen atoms in total. The lowest BCUT2D eigenvalue weighted by Crippen LogP contribution is -2.42. The molecule has 2 N–H and O–H groups in total. The van der Waals surface area contributed by atoms with E-state index in [1.54, 1.807) is 4.68 Å². The van der Waals surface area contributed by atoms with Crippen molar-refractivity contribution < 1.29 is 9.90 Å². The number of aromatic nitrogens is 3. The Labute approximate surface area is 106 Å². The predicted molar refractivity (Wildman–Crippen MR) is 66.4 cm³/mol. The number of rotatable bonds is 7. The molecule has 1 aliphatic carbocycles. The van der Waals surface area contributed by atoms with Crippen molar-refractivity contribution in [3.05, 3.63) is 11.6 Å². The van der Waals surface area contributed by atoms with Gasteiger partial charge in [-0.25, -0.2) is 9.67 Å². The molecule has 1 aliphatic rings. The van der Waals surface area contributed by atoms with E-state index in [1.807, 2.05) is 13.8 Å². The van der Waals surface area contributed by atoms with Crippen molar-refractivity contribution in [3.8, 4) is 0 Å². The molecule has 1 aromatic heterocycles. The Hall–Kier alpha value is -1.43. The van der Waals surface area contributed by atoms with Crippen molar-refractivity contribution in [1.82, 2.24) is 20.1 Å². The number of hydrogen-bond acceptors (Lipinski definition) is 4. The lowest BCUT2D eigenvalue weighted by Gasteiger charge is -2.14. The number of nitrogens with zero attached hydrogens (tertiary/aromatic N) is 3. The highest BCUT2D eigenvalue weighted by Gasteiger charge is 2.29. The van der Waals surface area contributed by atoms with Crippen LogP contribution < -0.4 is 5.32 Å². The summed E-state index contributed by atoms with van der Waals surface area (Å²) in [5.74, 6) is 0.815. The zero-order valence-corrected chi connectivity index (χ0v) is 10.9. The van der Waals surface area contributed by atoms with Gasteiger partial charge in [-0.1, -0.05) is 13.8 Å². The molecule has 0 saturated heterocycles. The molecule has 1 aromatic rings. The highest BCUT2D eigenvalue weighted by Crippen LogP contribution is 2.19. The molecule has 0 spiro atoms. The highest BCUT2D eigenvalue weighted by molar-refractivity contribution is 5.73. The van der Waals surface area contributed by atoms with Gasteiger partial charge in [-0.3, -0.25) is 4.79 Å². The van der Waals surface area contributed by atoms with Gasteiger partial charge in [-0.2, -0.15) is 5.10 Å². The molecule has 100 valence electrons. The molecular weight excluding hydrogens is 232 g/mol. The number of carboxylic acid groups (broad SMARTS) is 1. The summed E-state index contributed by atoms with van der Waals surface area (Å²) in [6.45, 7) is 4.35. The summed E-state index contributed by atoms with van der Waals surface area (Å²) in [6, 6.07) is -0.209. The second-order valence-corrected chi connectivity index (χ2v) is 4.67. The quantitative estimate of drug-likeness (QED) is 0.743. The van der Waals surface area contributed by atoms with Crippen LogP contribution in [-0.4, -0.2) is 37.9 Å². The maximum Gasteiger partial charge on any atom is 0.322 e. The van der Waals surface area contributed by atoms with Gasteiger partial charge in [0.05, 0.1) is 6.54 Å². The number of nitrogens with one attached hydrogen (secondary N) is 1. The van der Waals surface area contributed by atoms with E-state index in [9.17, 15) is 9.90 Å². The van der Waals surface area contributed by atoms with E-state index in [4.69, 9.17) is 0 Å². The van der Waals surface area contributed by atoms with Crippen LogP contribution in [-0.2, 0) is 24.2 Å². The molecule has 0 aliphatic heterocycles. The van der Waals surface area contributed by atoms with Crippen molar-refractivity contribution in [3.63, 3.8) is 0 Å². The fourth-order valence-electron chi connectivity index (χ4n) is 1.89. The molecule has 18 heavy (non-hydrogen) atoms. The van der Waals surface area contributed by atoms with Gasteiger partial charge < -0.3 is 10.4 Å². The van der Waals surface area contributed by atoms with E-state index in [-0.39, 0.29) is 0 Å². The van der Waals surface area contributed by atoms with Crippen molar-refractivity contribution in [2.24, 2.45) is 0 Å². The van der Waals surface area contributed by atoms with Gasteiger partial charge in [-0.05, 0) is 12.8 Å². The Morgan fingerprint density at radius 2 is 2.22 bits per heavy atom. The topological polar surface area (TPSA) is 80.0 Å². The first kappa shape index (κ1) is 13.0. The fraction of sp³-hybridized carbons (Fsp3) is 0.750. The van der Waals surface area contributed by atoms with E-state index in [0.29, 0.717) is 12.6 Å². The predicted octanol–water partition coefficient (Wildman–Crippen LogP) is 0.608. The average Bonchev–Trinajstić information content (AvgIpc) is 3.07. The Kier molecular flexibility index (Phi) is 3.96. The third-order valence-electron chi connectivity index (χ3n) is 3.09. The van der Waals surface area contributed by atoms with E-state index < -0.39 is 12.0 Å². The van der Waals surface area contributed by atoms with Gasteiger partial charge in [0, 0.05) is 18.9 Å². The number of aryl methyl sites for hydroxylation is 2. The zero-order chi connectivity index (χ0) is 13.1. The monoisotopic (exact) mass is 252 g/mol. The highest BCUT2D eigenvalue weighted by atomic mass is 16.4. The molecule has 0 amide bonds. The first-order valence-corrected chi connectivity index (χ1v) is 6.55. The summed E-state index contributed by atoms with van der Waals surface area (Å²) in [6.07, 6.45) is 3.68. The molecule has 1 fully saturated rings. The van der Waals surface area contributed by atoms with E-state index in [1.165, 1.54) is 0 Å². The minimum Gasteiger partial charge on any atom is -0.480 e. The van der Waals surface area contributed by atoms with Gasteiger partial charge >= 0.3 is 5.97 Å². The second kappa shape index (κ2) is 5.48. The van der Waals surface area contributed by atoms with Crippen LogP contribution in [0, 0.1) is 0 Å². The number of carboxylic acids is 1. The van der Waals surface area contributed by atoms with Gasteiger partial charge in [0.1, 0.15) is 11.9 Å². The Morgan fingerprint density at radius 1 is 1.50 bits per heavy atom. The molecule has 6 heteroatoms. The van der Waals surface area contributed by atoms with Gasteiger partial charge in [-0.15, -0.1) is 0 Å². The first-order valence-electron chi connectivity index (χ1n) is 6.55. The average molecular weight is 252 g/mol. The Balaban J connectivity index is 2.08. The van der Waals surface area contributed by atoms with Crippen LogP contribution in [0.3, 0.4) is 0 Å². The number of hydrogen-bond donors (Lipinski definition) is 2. The Bertz CT molecular complexity index is 426. The third kappa shape index (κ3) is 3.07. The summed E-state index contributed by atoms with van der Waals surface area (Å²) >= 11 is 0. The Morgan fingerprint density at radius 3 is 2.72 bits per heavy atom. The fourth-order valence-corrected chi connectivity index (χ4v) is 1.89. The minimum atomic E-state index is -0.822.